The maximum Gasteiger partial charge on any atom is 0.166 e. The van der Waals surface area contributed by atoms with Gasteiger partial charge < -0.3 is 15.4 Å². The third-order valence-corrected chi connectivity index (χ3v) is 5.52. The van der Waals surface area contributed by atoms with E-state index >= 15 is 0 Å². The van der Waals surface area contributed by atoms with Crippen molar-refractivity contribution in [2.75, 3.05) is 26.2 Å². The molecule has 0 radical (unpaired) electrons. The Kier molecular flexibility index (Phi) is 6.06. The van der Waals surface area contributed by atoms with Crippen LogP contribution in [0.4, 0.5) is 0 Å². The van der Waals surface area contributed by atoms with E-state index in [9.17, 15) is 0 Å². The molecule has 1 aromatic rings. The summed E-state index contributed by atoms with van der Waals surface area (Å²) in [6, 6.07) is 4.86. The van der Waals surface area contributed by atoms with Gasteiger partial charge in [-0.1, -0.05) is 6.07 Å². The lowest BCUT2D eigenvalue weighted by Gasteiger charge is -2.32. The number of thiocarbonyl (C=S) groups is 1. The fourth-order valence-electron chi connectivity index (χ4n) is 3.11. The lowest BCUT2D eigenvalue weighted by molar-refractivity contribution is 0.114. The Bertz CT molecular complexity index is 452. The van der Waals surface area contributed by atoms with Crippen LogP contribution in [-0.4, -0.2) is 48.4 Å². The van der Waals surface area contributed by atoms with E-state index in [0.29, 0.717) is 12.1 Å². The van der Waals surface area contributed by atoms with Gasteiger partial charge in [0.1, 0.15) is 0 Å². The lowest BCUT2D eigenvalue weighted by atomic mass is 10.1. The van der Waals surface area contributed by atoms with E-state index in [1.54, 1.807) is 0 Å². The molecular formula is C16H25N3OS2. The van der Waals surface area contributed by atoms with Gasteiger partial charge >= 0.3 is 0 Å². The molecule has 2 N–H and O–H groups in total. The summed E-state index contributed by atoms with van der Waals surface area (Å²) in [4.78, 5) is 3.99. The molecule has 2 aliphatic rings. The summed E-state index contributed by atoms with van der Waals surface area (Å²) in [6.45, 7) is 5.11. The lowest BCUT2D eigenvalue weighted by Crippen LogP contribution is -2.48. The molecule has 22 heavy (non-hydrogen) atoms. The molecular weight excluding hydrogens is 314 g/mol. The molecule has 1 aromatic heterocycles. The summed E-state index contributed by atoms with van der Waals surface area (Å²) in [5.41, 5.74) is 0. The Hall–Kier alpha value is -0.690. The second-order valence-electron chi connectivity index (χ2n) is 6.12. The second-order valence-corrected chi connectivity index (χ2v) is 7.56. The number of hydrogen-bond acceptors (Lipinski definition) is 4. The molecule has 6 heteroatoms. The van der Waals surface area contributed by atoms with Gasteiger partial charge in [-0.3, -0.25) is 4.90 Å². The number of thiophene rings is 1. The fraction of sp³-hybridized carbons (Fsp3) is 0.688. The van der Waals surface area contributed by atoms with Crippen LogP contribution in [-0.2, 0) is 11.3 Å². The number of ether oxygens (including phenoxy) is 1. The average Bonchev–Trinajstić information content (AvgIpc) is 3.20. The molecule has 2 saturated heterocycles. The first-order valence-electron chi connectivity index (χ1n) is 8.20. The Morgan fingerprint density at radius 1 is 1.36 bits per heavy atom. The zero-order valence-electron chi connectivity index (χ0n) is 12.9. The van der Waals surface area contributed by atoms with Gasteiger partial charge in [-0.2, -0.15) is 0 Å². The van der Waals surface area contributed by atoms with Crippen LogP contribution in [0.25, 0.3) is 0 Å². The largest absolute Gasteiger partial charge is 0.376 e. The number of likely N-dealkylation sites (tertiary alicyclic amines) is 1. The summed E-state index contributed by atoms with van der Waals surface area (Å²) >= 11 is 7.25. The number of hydrogen-bond donors (Lipinski definition) is 2. The predicted molar refractivity (Wildman–Crippen MR) is 95.3 cm³/mol. The van der Waals surface area contributed by atoms with Crippen molar-refractivity contribution in [3.63, 3.8) is 0 Å². The van der Waals surface area contributed by atoms with Gasteiger partial charge in [0.25, 0.3) is 0 Å². The number of rotatable bonds is 5. The van der Waals surface area contributed by atoms with Gasteiger partial charge in [0, 0.05) is 43.7 Å². The Balaban J connectivity index is 1.32. The summed E-state index contributed by atoms with van der Waals surface area (Å²) in [7, 11) is 0. The third-order valence-electron chi connectivity index (χ3n) is 4.40. The molecule has 2 fully saturated rings. The van der Waals surface area contributed by atoms with Crippen molar-refractivity contribution in [1.29, 1.82) is 0 Å². The quantitative estimate of drug-likeness (QED) is 0.806. The van der Waals surface area contributed by atoms with Gasteiger partial charge in [-0.25, -0.2) is 0 Å². The molecule has 1 atom stereocenters. The summed E-state index contributed by atoms with van der Waals surface area (Å²) in [6.07, 6.45) is 4.99. The first kappa shape index (κ1) is 16.2. The van der Waals surface area contributed by atoms with Crippen molar-refractivity contribution < 1.29 is 4.74 Å². The van der Waals surface area contributed by atoms with Gasteiger partial charge in [0.2, 0.25) is 0 Å². The van der Waals surface area contributed by atoms with Crippen molar-refractivity contribution in [3.05, 3.63) is 22.4 Å². The molecule has 0 aliphatic carbocycles. The van der Waals surface area contributed by atoms with Crippen molar-refractivity contribution >= 4 is 28.7 Å². The zero-order chi connectivity index (χ0) is 15.2. The van der Waals surface area contributed by atoms with Crippen LogP contribution in [0.1, 0.15) is 30.6 Å². The molecule has 3 rings (SSSR count). The Morgan fingerprint density at radius 2 is 2.23 bits per heavy atom. The van der Waals surface area contributed by atoms with Crippen molar-refractivity contribution in [2.24, 2.45) is 0 Å². The molecule has 0 saturated carbocycles. The maximum atomic E-state index is 5.60. The Morgan fingerprint density at radius 3 is 2.91 bits per heavy atom. The van der Waals surface area contributed by atoms with E-state index < -0.39 is 0 Å². The van der Waals surface area contributed by atoms with Gasteiger partial charge in [-0.15, -0.1) is 11.3 Å². The summed E-state index contributed by atoms with van der Waals surface area (Å²) in [5.74, 6) is 0. The van der Waals surface area contributed by atoms with Crippen LogP contribution in [0.5, 0.6) is 0 Å². The smallest absolute Gasteiger partial charge is 0.166 e. The highest BCUT2D eigenvalue weighted by molar-refractivity contribution is 7.80. The minimum atomic E-state index is 0.340. The van der Waals surface area contributed by atoms with Crippen LogP contribution < -0.4 is 10.6 Å². The molecule has 0 unspecified atom stereocenters. The van der Waals surface area contributed by atoms with Crippen LogP contribution in [0.2, 0.25) is 0 Å². The molecule has 2 aliphatic heterocycles. The highest BCUT2D eigenvalue weighted by Gasteiger charge is 2.20. The van der Waals surface area contributed by atoms with Crippen molar-refractivity contribution in [2.45, 2.75) is 44.4 Å². The number of piperidine rings is 1. The SMILES string of the molecule is S=C(NC[C@H]1CCCO1)NC1CCN(Cc2cccs2)CC1. The Labute approximate surface area is 142 Å². The van der Waals surface area contributed by atoms with Crippen molar-refractivity contribution in [1.82, 2.24) is 15.5 Å². The monoisotopic (exact) mass is 339 g/mol. The van der Waals surface area contributed by atoms with Crippen LogP contribution in [0.3, 0.4) is 0 Å². The highest BCUT2D eigenvalue weighted by atomic mass is 32.1. The van der Waals surface area contributed by atoms with Gasteiger partial charge in [0.15, 0.2) is 5.11 Å². The molecule has 0 aromatic carbocycles. The summed E-state index contributed by atoms with van der Waals surface area (Å²) < 4.78 is 5.60. The minimum Gasteiger partial charge on any atom is -0.376 e. The van der Waals surface area contributed by atoms with E-state index in [-0.39, 0.29) is 0 Å². The maximum absolute atomic E-state index is 5.60. The van der Waals surface area contributed by atoms with E-state index in [4.69, 9.17) is 17.0 Å². The van der Waals surface area contributed by atoms with Crippen LogP contribution >= 0.6 is 23.6 Å². The van der Waals surface area contributed by atoms with E-state index in [2.05, 4.69) is 33.0 Å². The van der Waals surface area contributed by atoms with Gasteiger partial charge in [-0.05, 0) is 49.3 Å². The minimum absolute atomic E-state index is 0.340. The molecule has 0 bridgehead atoms. The predicted octanol–water partition coefficient (Wildman–Crippen LogP) is 2.36. The average molecular weight is 340 g/mol. The van der Waals surface area contributed by atoms with E-state index in [1.807, 2.05) is 11.3 Å². The summed E-state index contributed by atoms with van der Waals surface area (Å²) in [5, 5.41) is 9.70. The first-order valence-corrected chi connectivity index (χ1v) is 9.49. The van der Waals surface area contributed by atoms with Gasteiger partial charge in [0.05, 0.1) is 6.10 Å². The molecule has 4 nitrogen and oxygen atoms in total. The number of nitrogens with zero attached hydrogens (tertiary/aromatic N) is 1. The van der Waals surface area contributed by atoms with Crippen LogP contribution in [0, 0.1) is 0 Å². The standard InChI is InChI=1S/C16H25N3OS2/c21-16(17-11-14-3-1-9-20-14)18-13-5-7-19(8-6-13)12-15-4-2-10-22-15/h2,4,10,13-14H,1,3,5-9,11-12H2,(H2,17,18,21)/t14-/m1/s1. The van der Waals surface area contributed by atoms with Crippen LogP contribution in [0.15, 0.2) is 17.5 Å². The molecule has 0 amide bonds. The zero-order valence-corrected chi connectivity index (χ0v) is 14.6. The third kappa shape index (κ3) is 4.91. The van der Waals surface area contributed by atoms with Crippen molar-refractivity contribution in [3.8, 4) is 0 Å². The number of nitrogens with one attached hydrogen (secondary N) is 2. The molecule has 0 spiro atoms. The fourth-order valence-corrected chi connectivity index (χ4v) is 4.10. The van der Waals surface area contributed by atoms with E-state index in [0.717, 1.165) is 57.2 Å². The second kappa shape index (κ2) is 8.24. The highest BCUT2D eigenvalue weighted by Crippen LogP contribution is 2.17. The topological polar surface area (TPSA) is 36.5 Å². The molecule has 122 valence electrons. The first-order chi connectivity index (χ1) is 10.8. The normalized spacial score (nSPS) is 23.5. The molecule has 3 heterocycles. The van der Waals surface area contributed by atoms with E-state index in [1.165, 1.54) is 11.3 Å².